The maximum absolute atomic E-state index is 11.7. The second kappa shape index (κ2) is 9.98. The fourth-order valence-corrected chi connectivity index (χ4v) is 2.15. The summed E-state index contributed by atoms with van der Waals surface area (Å²) < 4.78 is 5.29. The van der Waals surface area contributed by atoms with Gasteiger partial charge in [-0.3, -0.25) is 19.8 Å². The van der Waals surface area contributed by atoms with Gasteiger partial charge in [-0.1, -0.05) is 0 Å². The van der Waals surface area contributed by atoms with Gasteiger partial charge in [0.25, 0.3) is 11.6 Å². The van der Waals surface area contributed by atoms with Crippen LogP contribution in [0.1, 0.15) is 0 Å². The summed E-state index contributed by atoms with van der Waals surface area (Å²) in [5, 5.41) is 16.6. The Morgan fingerprint density at radius 3 is 2.57 bits per heavy atom. The number of ether oxygens (including phenoxy) is 1. The van der Waals surface area contributed by atoms with Crippen LogP contribution < -0.4 is 15.4 Å². The van der Waals surface area contributed by atoms with Crippen LogP contribution >= 0.6 is 12.4 Å². The molecular weight excluding hydrogens is 324 g/mol. The van der Waals surface area contributed by atoms with Crippen molar-refractivity contribution in [1.82, 2.24) is 15.5 Å². The lowest BCUT2D eigenvalue weighted by atomic mass is 10.3. The van der Waals surface area contributed by atoms with Crippen molar-refractivity contribution in [1.29, 1.82) is 0 Å². The van der Waals surface area contributed by atoms with Crippen molar-refractivity contribution in [3.05, 3.63) is 34.4 Å². The van der Waals surface area contributed by atoms with Gasteiger partial charge in [-0.05, 0) is 12.1 Å². The van der Waals surface area contributed by atoms with E-state index in [-0.39, 0.29) is 30.6 Å². The van der Waals surface area contributed by atoms with E-state index in [1.54, 1.807) is 0 Å². The monoisotopic (exact) mass is 344 g/mol. The predicted octanol–water partition coefficient (Wildman–Crippen LogP) is 0.417. The zero-order valence-electron chi connectivity index (χ0n) is 12.7. The number of carbonyl (C=O) groups is 1. The molecule has 0 unspecified atom stereocenters. The highest BCUT2D eigenvalue weighted by Gasteiger charge is 2.10. The van der Waals surface area contributed by atoms with E-state index in [0.29, 0.717) is 12.3 Å². The van der Waals surface area contributed by atoms with Crippen LogP contribution in [0.5, 0.6) is 5.75 Å². The van der Waals surface area contributed by atoms with E-state index in [1.165, 1.54) is 24.3 Å². The predicted molar refractivity (Wildman–Crippen MR) is 88.2 cm³/mol. The molecule has 1 amide bonds. The van der Waals surface area contributed by atoms with Crippen LogP contribution in [0, 0.1) is 10.1 Å². The minimum Gasteiger partial charge on any atom is -0.484 e. The summed E-state index contributed by atoms with van der Waals surface area (Å²) in [4.78, 5) is 24.0. The average molecular weight is 345 g/mol. The molecule has 23 heavy (non-hydrogen) atoms. The molecular formula is C14H21ClN4O4. The van der Waals surface area contributed by atoms with Gasteiger partial charge in [-0.2, -0.15) is 0 Å². The lowest BCUT2D eigenvalue weighted by molar-refractivity contribution is -0.384. The van der Waals surface area contributed by atoms with Crippen LogP contribution in [0.25, 0.3) is 0 Å². The van der Waals surface area contributed by atoms with E-state index in [9.17, 15) is 14.9 Å². The van der Waals surface area contributed by atoms with E-state index in [2.05, 4.69) is 15.5 Å². The summed E-state index contributed by atoms with van der Waals surface area (Å²) in [6, 6.07) is 5.65. The Morgan fingerprint density at radius 1 is 1.30 bits per heavy atom. The van der Waals surface area contributed by atoms with Gasteiger partial charge in [0, 0.05) is 51.4 Å². The van der Waals surface area contributed by atoms with Crippen LogP contribution in [0.3, 0.4) is 0 Å². The standard InChI is InChI=1S/C14H20N4O4.ClH/c19-14(16-7-10-17-8-5-15-6-9-17)11-22-13-3-1-12(2-4-13)18(20)21;/h1-4,15H,5-11H2,(H,16,19);1H. The quantitative estimate of drug-likeness (QED) is 0.549. The van der Waals surface area contributed by atoms with Gasteiger partial charge in [0.15, 0.2) is 6.61 Å². The van der Waals surface area contributed by atoms with E-state index < -0.39 is 4.92 Å². The summed E-state index contributed by atoms with van der Waals surface area (Å²) in [5.74, 6) is 0.233. The number of hydrogen-bond donors (Lipinski definition) is 2. The summed E-state index contributed by atoms with van der Waals surface area (Å²) >= 11 is 0. The molecule has 1 aliphatic rings. The van der Waals surface area contributed by atoms with E-state index in [0.717, 1.165) is 32.7 Å². The molecule has 0 spiro atoms. The Balaban J connectivity index is 0.00000264. The van der Waals surface area contributed by atoms with Gasteiger partial charge in [0.2, 0.25) is 0 Å². The van der Waals surface area contributed by atoms with Crippen molar-refractivity contribution < 1.29 is 14.5 Å². The van der Waals surface area contributed by atoms with Gasteiger partial charge in [0.1, 0.15) is 5.75 Å². The molecule has 1 heterocycles. The number of benzene rings is 1. The number of carbonyl (C=O) groups excluding carboxylic acids is 1. The molecule has 1 aromatic carbocycles. The zero-order valence-corrected chi connectivity index (χ0v) is 13.5. The van der Waals surface area contributed by atoms with Gasteiger partial charge in [-0.25, -0.2) is 0 Å². The number of nitrogens with one attached hydrogen (secondary N) is 2. The van der Waals surface area contributed by atoms with Crippen LogP contribution in [-0.4, -0.2) is 61.6 Å². The molecule has 1 fully saturated rings. The van der Waals surface area contributed by atoms with Crippen molar-refractivity contribution >= 4 is 24.0 Å². The molecule has 0 bridgehead atoms. The number of nitrogens with zero attached hydrogens (tertiary/aromatic N) is 2. The second-order valence-electron chi connectivity index (χ2n) is 4.98. The molecule has 0 radical (unpaired) electrons. The maximum Gasteiger partial charge on any atom is 0.269 e. The molecule has 9 heteroatoms. The highest BCUT2D eigenvalue weighted by Crippen LogP contribution is 2.16. The number of rotatable bonds is 7. The minimum atomic E-state index is -0.480. The van der Waals surface area contributed by atoms with Gasteiger partial charge in [0.05, 0.1) is 4.92 Å². The molecule has 2 rings (SSSR count). The van der Waals surface area contributed by atoms with E-state index in [4.69, 9.17) is 4.74 Å². The summed E-state index contributed by atoms with van der Waals surface area (Å²) in [6.07, 6.45) is 0. The summed E-state index contributed by atoms with van der Waals surface area (Å²) in [7, 11) is 0. The number of nitro benzene ring substituents is 1. The van der Waals surface area contributed by atoms with Crippen LogP contribution in [-0.2, 0) is 4.79 Å². The number of piperazine rings is 1. The third kappa shape index (κ3) is 6.81. The highest BCUT2D eigenvalue weighted by molar-refractivity contribution is 5.85. The lowest BCUT2D eigenvalue weighted by Crippen LogP contribution is -2.46. The summed E-state index contributed by atoms with van der Waals surface area (Å²) in [6.45, 7) is 5.27. The largest absolute Gasteiger partial charge is 0.484 e. The molecule has 0 atom stereocenters. The van der Waals surface area contributed by atoms with Crippen LogP contribution in [0.15, 0.2) is 24.3 Å². The molecule has 0 aromatic heterocycles. The molecule has 1 aromatic rings. The third-order valence-corrected chi connectivity index (χ3v) is 3.38. The van der Waals surface area contributed by atoms with Crippen molar-refractivity contribution in [2.75, 3.05) is 45.9 Å². The normalized spacial score (nSPS) is 14.6. The van der Waals surface area contributed by atoms with Gasteiger partial charge >= 0.3 is 0 Å². The molecule has 128 valence electrons. The van der Waals surface area contributed by atoms with Crippen molar-refractivity contribution in [2.24, 2.45) is 0 Å². The molecule has 1 saturated heterocycles. The Morgan fingerprint density at radius 2 is 1.96 bits per heavy atom. The molecule has 2 N–H and O–H groups in total. The van der Waals surface area contributed by atoms with Crippen LogP contribution in [0.2, 0.25) is 0 Å². The first-order valence-electron chi connectivity index (χ1n) is 7.22. The maximum atomic E-state index is 11.7. The lowest BCUT2D eigenvalue weighted by Gasteiger charge is -2.27. The van der Waals surface area contributed by atoms with Gasteiger partial charge < -0.3 is 15.4 Å². The first-order chi connectivity index (χ1) is 10.6. The Kier molecular flexibility index (Phi) is 8.31. The number of non-ortho nitro benzene ring substituents is 1. The zero-order chi connectivity index (χ0) is 15.8. The number of halogens is 1. The third-order valence-electron chi connectivity index (χ3n) is 3.38. The molecule has 0 saturated carbocycles. The number of nitro groups is 1. The molecule has 1 aliphatic heterocycles. The Hall–Kier alpha value is -1.90. The fourth-order valence-electron chi connectivity index (χ4n) is 2.15. The smallest absolute Gasteiger partial charge is 0.269 e. The highest BCUT2D eigenvalue weighted by atomic mass is 35.5. The van der Waals surface area contributed by atoms with Crippen molar-refractivity contribution in [2.45, 2.75) is 0 Å². The number of amides is 1. The SMILES string of the molecule is Cl.O=C(COc1ccc([N+](=O)[O-])cc1)NCCN1CCNCC1. The minimum absolute atomic E-state index is 0. The van der Waals surface area contributed by atoms with Crippen molar-refractivity contribution in [3.63, 3.8) is 0 Å². The Labute approximate surface area is 140 Å². The van der Waals surface area contributed by atoms with E-state index >= 15 is 0 Å². The van der Waals surface area contributed by atoms with E-state index in [1.807, 2.05) is 0 Å². The second-order valence-corrected chi connectivity index (χ2v) is 4.98. The Bertz CT molecular complexity index is 506. The van der Waals surface area contributed by atoms with Gasteiger partial charge in [-0.15, -0.1) is 12.4 Å². The average Bonchev–Trinajstić information content (AvgIpc) is 2.54. The van der Waals surface area contributed by atoms with Crippen molar-refractivity contribution in [3.8, 4) is 5.75 Å². The molecule has 8 nitrogen and oxygen atoms in total. The van der Waals surface area contributed by atoms with Crippen LogP contribution in [0.4, 0.5) is 5.69 Å². The fraction of sp³-hybridized carbons (Fsp3) is 0.500. The molecule has 0 aliphatic carbocycles. The first kappa shape index (κ1) is 19.1. The topological polar surface area (TPSA) is 96.7 Å². The summed E-state index contributed by atoms with van der Waals surface area (Å²) in [5.41, 5.74) is -0.00665. The first-order valence-corrected chi connectivity index (χ1v) is 7.22. The number of hydrogen-bond acceptors (Lipinski definition) is 6.